The Bertz CT molecular complexity index is 382. The molecular formula is C13H18N2OS. The number of nitrogens with two attached hydrogens (primary N) is 1. The summed E-state index contributed by atoms with van der Waals surface area (Å²) in [4.78, 5) is 14.1. The molecule has 0 spiro atoms. The molecule has 1 saturated heterocycles. The molecule has 3 nitrogen and oxygen atoms in total. The minimum atomic E-state index is -0.522. The van der Waals surface area contributed by atoms with Crippen LogP contribution in [0.3, 0.4) is 0 Å². The van der Waals surface area contributed by atoms with Crippen molar-refractivity contribution >= 4 is 17.7 Å². The van der Waals surface area contributed by atoms with Gasteiger partial charge in [0.05, 0.1) is 0 Å². The van der Waals surface area contributed by atoms with Crippen LogP contribution < -0.4 is 5.73 Å². The molecule has 0 bridgehead atoms. The molecule has 1 aromatic rings. The Labute approximate surface area is 106 Å². The molecule has 2 N–H and O–H groups in total. The van der Waals surface area contributed by atoms with Gasteiger partial charge in [-0.05, 0) is 5.56 Å². The number of rotatable bonds is 2. The van der Waals surface area contributed by atoms with Crippen molar-refractivity contribution in [3.63, 3.8) is 0 Å². The second kappa shape index (κ2) is 5.56. The van der Waals surface area contributed by atoms with Gasteiger partial charge >= 0.3 is 0 Å². The zero-order chi connectivity index (χ0) is 12.3. The Morgan fingerprint density at radius 2 is 2.18 bits per heavy atom. The van der Waals surface area contributed by atoms with E-state index in [4.69, 9.17) is 5.73 Å². The monoisotopic (exact) mass is 250 g/mol. The van der Waals surface area contributed by atoms with Crippen LogP contribution in [-0.2, 0) is 4.79 Å². The molecule has 17 heavy (non-hydrogen) atoms. The number of carbonyl (C=O) groups excluding carboxylic acids is 1. The maximum Gasteiger partial charge on any atom is 0.244 e. The van der Waals surface area contributed by atoms with Gasteiger partial charge in [-0.15, -0.1) is 0 Å². The maximum absolute atomic E-state index is 12.2. The molecule has 4 heteroatoms. The summed E-state index contributed by atoms with van der Waals surface area (Å²) in [5.41, 5.74) is 6.91. The summed E-state index contributed by atoms with van der Waals surface area (Å²) in [7, 11) is 0. The van der Waals surface area contributed by atoms with Crippen LogP contribution in [0.1, 0.15) is 18.5 Å². The third-order valence-electron chi connectivity index (χ3n) is 2.98. The van der Waals surface area contributed by atoms with Crippen molar-refractivity contribution in [2.75, 3.05) is 18.8 Å². The Balaban J connectivity index is 2.04. The van der Waals surface area contributed by atoms with Crippen molar-refractivity contribution < 1.29 is 4.79 Å². The summed E-state index contributed by atoms with van der Waals surface area (Å²) in [6.07, 6.45) is 0. The number of hydrogen-bond donors (Lipinski definition) is 1. The van der Waals surface area contributed by atoms with E-state index >= 15 is 0 Å². The SMILES string of the molecule is CC1CN(C(=O)[C@H](N)c2ccccc2)CCS1. The lowest BCUT2D eigenvalue weighted by atomic mass is 10.1. The van der Waals surface area contributed by atoms with Crippen molar-refractivity contribution in [1.82, 2.24) is 4.90 Å². The largest absolute Gasteiger partial charge is 0.339 e. The van der Waals surface area contributed by atoms with Gasteiger partial charge in [0.2, 0.25) is 5.91 Å². The second-order valence-corrected chi connectivity index (χ2v) is 5.90. The average Bonchev–Trinajstić information content (AvgIpc) is 2.38. The van der Waals surface area contributed by atoms with E-state index in [-0.39, 0.29) is 5.91 Å². The van der Waals surface area contributed by atoms with E-state index in [1.165, 1.54) is 0 Å². The van der Waals surface area contributed by atoms with Crippen LogP contribution in [0.15, 0.2) is 30.3 Å². The van der Waals surface area contributed by atoms with Gasteiger partial charge in [0.1, 0.15) is 6.04 Å². The third-order valence-corrected chi connectivity index (χ3v) is 4.11. The molecule has 1 amide bonds. The van der Waals surface area contributed by atoms with Crippen molar-refractivity contribution in [3.8, 4) is 0 Å². The summed E-state index contributed by atoms with van der Waals surface area (Å²) < 4.78 is 0. The molecule has 1 aromatic carbocycles. The lowest BCUT2D eigenvalue weighted by Gasteiger charge is -2.32. The van der Waals surface area contributed by atoms with E-state index in [1.54, 1.807) is 0 Å². The average molecular weight is 250 g/mol. The number of thioether (sulfide) groups is 1. The molecule has 2 rings (SSSR count). The molecule has 1 heterocycles. The fourth-order valence-electron chi connectivity index (χ4n) is 2.02. The number of nitrogens with zero attached hydrogens (tertiary/aromatic N) is 1. The fourth-order valence-corrected chi connectivity index (χ4v) is 3.03. The summed E-state index contributed by atoms with van der Waals surface area (Å²) in [6, 6.07) is 9.05. The number of carbonyl (C=O) groups is 1. The molecule has 0 saturated carbocycles. The highest BCUT2D eigenvalue weighted by Crippen LogP contribution is 2.21. The van der Waals surface area contributed by atoms with Gasteiger partial charge in [0.15, 0.2) is 0 Å². The molecule has 2 atom stereocenters. The topological polar surface area (TPSA) is 46.3 Å². The Hall–Kier alpha value is -1.00. The minimum absolute atomic E-state index is 0.0448. The molecule has 1 fully saturated rings. The molecule has 92 valence electrons. The number of benzene rings is 1. The van der Waals surface area contributed by atoms with Crippen LogP contribution in [-0.4, -0.2) is 34.9 Å². The highest BCUT2D eigenvalue weighted by molar-refractivity contribution is 7.99. The van der Waals surface area contributed by atoms with E-state index < -0.39 is 6.04 Å². The first-order valence-corrected chi connectivity index (χ1v) is 6.94. The number of amides is 1. The first-order valence-electron chi connectivity index (χ1n) is 5.89. The third kappa shape index (κ3) is 3.01. The summed E-state index contributed by atoms with van der Waals surface area (Å²) in [5, 5.41) is 0.510. The fraction of sp³-hybridized carbons (Fsp3) is 0.462. The van der Waals surface area contributed by atoms with Gasteiger partial charge in [-0.1, -0.05) is 37.3 Å². The van der Waals surface area contributed by atoms with Crippen molar-refractivity contribution in [2.45, 2.75) is 18.2 Å². The smallest absolute Gasteiger partial charge is 0.244 e. The van der Waals surface area contributed by atoms with Gasteiger partial charge in [-0.25, -0.2) is 0 Å². The van der Waals surface area contributed by atoms with Gasteiger partial charge in [-0.3, -0.25) is 4.79 Å². The van der Waals surface area contributed by atoms with Crippen LogP contribution in [0, 0.1) is 0 Å². The van der Waals surface area contributed by atoms with Crippen molar-refractivity contribution in [1.29, 1.82) is 0 Å². The first-order chi connectivity index (χ1) is 8.18. The summed E-state index contributed by atoms with van der Waals surface area (Å²) >= 11 is 1.91. The van der Waals surface area contributed by atoms with Gasteiger partial charge in [-0.2, -0.15) is 11.8 Å². The lowest BCUT2D eigenvalue weighted by Crippen LogP contribution is -2.45. The van der Waals surface area contributed by atoms with E-state index in [0.29, 0.717) is 5.25 Å². The molecule has 0 radical (unpaired) electrons. The van der Waals surface area contributed by atoms with Crippen molar-refractivity contribution in [3.05, 3.63) is 35.9 Å². The Morgan fingerprint density at radius 1 is 1.47 bits per heavy atom. The molecule has 1 aliphatic heterocycles. The predicted molar refractivity (Wildman–Crippen MR) is 71.9 cm³/mol. The number of hydrogen-bond acceptors (Lipinski definition) is 3. The van der Waals surface area contributed by atoms with Crippen molar-refractivity contribution in [2.24, 2.45) is 5.73 Å². The Kier molecular flexibility index (Phi) is 4.07. The maximum atomic E-state index is 12.2. The van der Waals surface area contributed by atoms with Crippen LogP contribution in [0.2, 0.25) is 0 Å². The molecule has 0 aliphatic carbocycles. The standard InChI is InChI=1S/C13H18N2OS/c1-10-9-15(7-8-17-10)13(16)12(14)11-5-3-2-4-6-11/h2-6,10,12H,7-9,14H2,1H3/t10?,12-/m1/s1. The molecular weight excluding hydrogens is 232 g/mol. The quantitative estimate of drug-likeness (QED) is 0.868. The van der Waals surface area contributed by atoms with Crippen LogP contribution in [0.5, 0.6) is 0 Å². The second-order valence-electron chi connectivity index (χ2n) is 4.35. The summed E-state index contributed by atoms with van der Waals surface area (Å²) in [5.74, 6) is 1.05. The minimum Gasteiger partial charge on any atom is -0.339 e. The van der Waals surface area contributed by atoms with Gasteiger partial charge in [0, 0.05) is 24.1 Å². The molecule has 1 unspecified atom stereocenters. The molecule has 1 aliphatic rings. The van der Waals surface area contributed by atoms with Gasteiger partial charge < -0.3 is 10.6 Å². The molecule has 0 aromatic heterocycles. The van der Waals surface area contributed by atoms with E-state index in [9.17, 15) is 4.79 Å². The normalized spacial score (nSPS) is 22.2. The van der Waals surface area contributed by atoms with Crippen LogP contribution in [0.25, 0.3) is 0 Å². The zero-order valence-corrected chi connectivity index (χ0v) is 10.8. The van der Waals surface area contributed by atoms with E-state index in [1.807, 2.05) is 47.0 Å². The van der Waals surface area contributed by atoms with Crippen LogP contribution >= 0.6 is 11.8 Å². The summed E-state index contributed by atoms with van der Waals surface area (Å²) in [6.45, 7) is 3.77. The van der Waals surface area contributed by atoms with Gasteiger partial charge in [0.25, 0.3) is 0 Å². The highest BCUT2D eigenvalue weighted by Gasteiger charge is 2.26. The zero-order valence-electron chi connectivity index (χ0n) is 10.0. The van der Waals surface area contributed by atoms with E-state index in [2.05, 4.69) is 6.92 Å². The highest BCUT2D eigenvalue weighted by atomic mass is 32.2. The Morgan fingerprint density at radius 3 is 2.82 bits per heavy atom. The predicted octanol–water partition coefficient (Wildman–Crippen LogP) is 1.65. The van der Waals surface area contributed by atoms with Crippen LogP contribution in [0.4, 0.5) is 0 Å². The lowest BCUT2D eigenvalue weighted by molar-refractivity contribution is -0.132. The van der Waals surface area contributed by atoms with E-state index in [0.717, 1.165) is 24.4 Å². The first kappa shape index (κ1) is 12.5.